The lowest BCUT2D eigenvalue weighted by atomic mass is 9.68. The lowest BCUT2D eigenvalue weighted by Gasteiger charge is -2.46. The number of fused-ring (bicyclic) bond motifs is 4. The summed E-state index contributed by atoms with van der Waals surface area (Å²) >= 11 is 6.48. The Hall–Kier alpha value is -2.76. The fraction of sp³-hybridized carbons (Fsp3) is 0.600. The number of allylic oxidation sites excluding steroid dienone is 1. The molecule has 1 amide bonds. The zero-order chi connectivity index (χ0) is 35.4. The molecule has 7 rings (SSSR count). The van der Waals surface area contributed by atoms with E-state index in [0.717, 1.165) is 94.5 Å². The smallest absolute Gasteiger partial charge is 0.285 e. The topological polar surface area (TPSA) is 97.7 Å². The molecule has 5 atom stereocenters. The number of amides is 1. The summed E-state index contributed by atoms with van der Waals surface area (Å²) in [4.78, 5) is 31.2. The van der Waals surface area contributed by atoms with Crippen LogP contribution in [0.2, 0.25) is 5.02 Å². The highest BCUT2D eigenvalue weighted by Gasteiger charge is 2.44. The number of Topliss-reactive ketones (excluding diaryl/α,β-unsaturated/α-hetero) is 1. The number of ketones is 1. The van der Waals surface area contributed by atoms with Crippen molar-refractivity contribution in [2.24, 2.45) is 16.2 Å². The van der Waals surface area contributed by atoms with Crippen LogP contribution in [-0.2, 0) is 35.8 Å². The molecule has 5 aliphatic rings. The number of hydrogen-bond acceptors (Lipinski definition) is 8. The van der Waals surface area contributed by atoms with Gasteiger partial charge in [-0.1, -0.05) is 36.7 Å². The number of rotatable bonds is 7. The molecule has 3 heterocycles. The van der Waals surface area contributed by atoms with Crippen molar-refractivity contribution >= 4 is 38.7 Å². The first-order valence-corrected chi connectivity index (χ1v) is 21.1. The molecule has 2 fully saturated rings. The van der Waals surface area contributed by atoms with Gasteiger partial charge in [-0.05, 0) is 98.2 Å². The normalized spacial score (nSPS) is 30.6. The van der Waals surface area contributed by atoms with Crippen molar-refractivity contribution in [2.75, 3.05) is 75.6 Å². The van der Waals surface area contributed by atoms with E-state index >= 15 is 0 Å². The summed E-state index contributed by atoms with van der Waals surface area (Å²) in [7, 11) is -3.09. The summed E-state index contributed by atoms with van der Waals surface area (Å²) in [5.41, 5.74) is 3.57. The molecule has 0 unspecified atom stereocenters. The average molecular weight is 738 g/mol. The highest BCUT2D eigenvalue weighted by molar-refractivity contribution is 7.94. The van der Waals surface area contributed by atoms with Crippen LogP contribution in [0.1, 0.15) is 73.4 Å². The van der Waals surface area contributed by atoms with Crippen LogP contribution in [0.4, 0.5) is 5.69 Å². The predicted molar refractivity (Wildman–Crippen MR) is 202 cm³/mol. The second kappa shape index (κ2) is 16.1. The number of ether oxygens (including phenoxy) is 3. The van der Waals surface area contributed by atoms with E-state index in [1.165, 1.54) is 11.1 Å². The number of anilines is 1. The van der Waals surface area contributed by atoms with Crippen molar-refractivity contribution in [3.8, 4) is 5.75 Å². The minimum absolute atomic E-state index is 0.0319. The zero-order valence-electron chi connectivity index (χ0n) is 29.9. The number of halogens is 1. The van der Waals surface area contributed by atoms with Crippen LogP contribution in [-0.4, -0.2) is 97.6 Å². The third kappa shape index (κ3) is 8.41. The second-order valence-corrected chi connectivity index (χ2v) is 17.9. The van der Waals surface area contributed by atoms with Crippen molar-refractivity contribution in [3.63, 3.8) is 0 Å². The van der Waals surface area contributed by atoms with Crippen LogP contribution in [0.3, 0.4) is 0 Å². The molecular weight excluding hydrogens is 686 g/mol. The Balaban J connectivity index is 1.24. The van der Waals surface area contributed by atoms with Gasteiger partial charge in [0.05, 0.1) is 53.7 Å². The van der Waals surface area contributed by atoms with Crippen LogP contribution in [0.15, 0.2) is 52.9 Å². The first kappa shape index (κ1) is 36.6. The van der Waals surface area contributed by atoms with Crippen molar-refractivity contribution in [2.45, 2.75) is 69.8 Å². The third-order valence-electron chi connectivity index (χ3n) is 11.6. The highest BCUT2D eigenvalue weighted by atomic mass is 35.5. The third-order valence-corrected chi connectivity index (χ3v) is 14.1. The highest BCUT2D eigenvalue weighted by Crippen LogP contribution is 2.47. The SMILES string of the molecule is CCC(=O)C[S@]1(=O)=NC(=O)c2ccc3c(c2)N(C[C@@H]2CC[C@H]2[C@@H](OCCN2CCOCC2)/C=C/CCC1)C[C@@]1(CCCc2cc(Cl)ccc21)CO3. The molecular formula is C40H52ClN3O6S. The summed E-state index contributed by atoms with van der Waals surface area (Å²) < 4.78 is 37.4. The zero-order valence-corrected chi connectivity index (χ0v) is 31.4. The van der Waals surface area contributed by atoms with Crippen molar-refractivity contribution in [1.82, 2.24) is 4.90 Å². The Morgan fingerprint density at radius 2 is 2.00 bits per heavy atom. The van der Waals surface area contributed by atoms with Crippen LogP contribution >= 0.6 is 11.6 Å². The van der Waals surface area contributed by atoms with E-state index in [-0.39, 0.29) is 35.2 Å². The lowest BCUT2D eigenvalue weighted by Crippen LogP contribution is -2.50. The summed E-state index contributed by atoms with van der Waals surface area (Å²) in [6, 6.07) is 11.8. The first-order chi connectivity index (χ1) is 24.7. The molecule has 0 radical (unpaired) electrons. The number of carbonyl (C=O) groups is 2. The van der Waals surface area contributed by atoms with Crippen LogP contribution in [0.5, 0.6) is 5.75 Å². The lowest BCUT2D eigenvalue weighted by molar-refractivity contribution is -0.116. The van der Waals surface area contributed by atoms with Gasteiger partial charge >= 0.3 is 0 Å². The summed E-state index contributed by atoms with van der Waals surface area (Å²) in [6.07, 6.45) is 11.0. The van der Waals surface area contributed by atoms with Crippen LogP contribution < -0.4 is 9.64 Å². The Kier molecular flexibility index (Phi) is 11.5. The Morgan fingerprint density at radius 1 is 1.14 bits per heavy atom. The molecule has 1 saturated carbocycles. The van der Waals surface area contributed by atoms with Gasteiger partial charge in [-0.2, -0.15) is 4.36 Å². The number of hydrogen-bond donors (Lipinski definition) is 0. The molecule has 0 N–H and O–H groups in total. The molecule has 276 valence electrons. The molecule has 0 aromatic heterocycles. The molecule has 11 heteroatoms. The molecule has 1 spiro atoms. The maximum absolute atomic E-state index is 14.1. The van der Waals surface area contributed by atoms with E-state index < -0.39 is 15.6 Å². The summed E-state index contributed by atoms with van der Waals surface area (Å²) in [5, 5.41) is 0.753. The number of benzene rings is 2. The van der Waals surface area contributed by atoms with Crippen molar-refractivity contribution in [1.29, 1.82) is 0 Å². The van der Waals surface area contributed by atoms with E-state index in [9.17, 15) is 13.8 Å². The van der Waals surface area contributed by atoms with Gasteiger partial charge in [-0.25, -0.2) is 4.21 Å². The van der Waals surface area contributed by atoms with Gasteiger partial charge in [-0.3, -0.25) is 14.5 Å². The first-order valence-electron chi connectivity index (χ1n) is 18.9. The largest absolute Gasteiger partial charge is 0.490 e. The molecule has 51 heavy (non-hydrogen) atoms. The summed E-state index contributed by atoms with van der Waals surface area (Å²) in [5.74, 6) is 0.786. The van der Waals surface area contributed by atoms with Gasteiger partial charge < -0.3 is 19.1 Å². The van der Waals surface area contributed by atoms with E-state index in [2.05, 4.69) is 38.4 Å². The number of morpholine rings is 1. The average Bonchev–Trinajstić information content (AvgIpc) is 3.26. The molecule has 2 aliphatic carbocycles. The van der Waals surface area contributed by atoms with Crippen molar-refractivity contribution in [3.05, 3.63) is 70.3 Å². The summed E-state index contributed by atoms with van der Waals surface area (Å²) in [6.45, 7) is 8.74. The molecule has 2 aromatic carbocycles. The number of nitrogens with zero attached hydrogens (tertiary/aromatic N) is 3. The van der Waals surface area contributed by atoms with Gasteiger partial charge in [0, 0.05) is 60.9 Å². The predicted octanol–water partition coefficient (Wildman–Crippen LogP) is 6.49. The van der Waals surface area contributed by atoms with E-state index in [1.54, 1.807) is 13.0 Å². The monoisotopic (exact) mass is 737 g/mol. The van der Waals surface area contributed by atoms with E-state index in [1.807, 2.05) is 18.2 Å². The standard InChI is InChI=1S/C40H52ClN3O6S/c1-2-33(45)26-51(47)22-5-3-4-8-37(49-21-18-43-16-19-48-20-17-43)34-12-9-31(34)25-44-27-40(15-6-7-29-23-32(41)11-13-35(29)40)28-50-38-14-10-30(24-36(38)44)39(46)42-51/h4,8,10-11,13-14,23-24,31,34,37H,2-3,5-7,9,12,15-22,25-28H2,1H3/b8-4+/t31-,34+,37-,40-,51-/m0/s1. The Labute approximate surface area is 308 Å². The minimum Gasteiger partial charge on any atom is -0.490 e. The maximum Gasteiger partial charge on any atom is 0.285 e. The number of aryl methyl sites for hydroxylation is 1. The van der Waals surface area contributed by atoms with E-state index in [4.69, 9.17) is 25.8 Å². The molecule has 2 aromatic rings. The molecule has 3 aliphatic heterocycles. The number of carbonyl (C=O) groups excluding carboxylic acids is 2. The fourth-order valence-electron chi connectivity index (χ4n) is 8.61. The Bertz CT molecular complexity index is 1750. The minimum atomic E-state index is -3.09. The van der Waals surface area contributed by atoms with Gasteiger partial charge in [0.2, 0.25) is 0 Å². The second-order valence-electron chi connectivity index (χ2n) is 15.1. The van der Waals surface area contributed by atoms with Crippen LogP contribution in [0, 0.1) is 11.8 Å². The fourth-order valence-corrected chi connectivity index (χ4v) is 10.8. The van der Waals surface area contributed by atoms with Gasteiger partial charge in [0.1, 0.15) is 11.5 Å². The molecule has 9 nitrogen and oxygen atoms in total. The van der Waals surface area contributed by atoms with Crippen molar-refractivity contribution < 1.29 is 28.0 Å². The Morgan fingerprint density at radius 3 is 2.80 bits per heavy atom. The maximum atomic E-state index is 14.1. The van der Waals surface area contributed by atoms with Gasteiger partial charge in [-0.15, -0.1) is 0 Å². The van der Waals surface area contributed by atoms with Gasteiger partial charge in [0.25, 0.3) is 5.91 Å². The van der Waals surface area contributed by atoms with E-state index in [0.29, 0.717) is 43.5 Å². The quantitative estimate of drug-likeness (QED) is 0.298. The molecule has 1 saturated heterocycles. The van der Waals surface area contributed by atoms with Gasteiger partial charge in [0.15, 0.2) is 0 Å². The molecule has 2 bridgehead atoms. The van der Waals surface area contributed by atoms with Crippen LogP contribution in [0.25, 0.3) is 0 Å².